The van der Waals surface area contributed by atoms with Crippen LogP contribution in [0.2, 0.25) is 0 Å². The Morgan fingerprint density at radius 1 is 1.24 bits per heavy atom. The molecule has 0 aromatic rings. The Morgan fingerprint density at radius 3 is 2.48 bits per heavy atom. The van der Waals surface area contributed by atoms with Gasteiger partial charge < -0.3 is 30.5 Å². The molecule has 0 aliphatic carbocycles. The van der Waals surface area contributed by atoms with Crippen LogP contribution in [-0.4, -0.2) is 67.1 Å². The van der Waals surface area contributed by atoms with E-state index < -0.39 is 12.1 Å². The van der Waals surface area contributed by atoms with Crippen LogP contribution in [0.4, 0.5) is 9.59 Å². The summed E-state index contributed by atoms with van der Waals surface area (Å²) in [5.41, 5.74) is 4.79. The van der Waals surface area contributed by atoms with Crippen molar-refractivity contribution in [2.45, 2.75) is 25.4 Å². The lowest BCUT2D eigenvalue weighted by atomic mass is 10.1. The highest BCUT2D eigenvalue weighted by atomic mass is 16.5. The maximum atomic E-state index is 11.8. The highest BCUT2D eigenvalue weighted by Crippen LogP contribution is 2.13. The van der Waals surface area contributed by atoms with Gasteiger partial charge >= 0.3 is 18.1 Å². The Kier molecular flexibility index (Phi) is 7.30. The average Bonchev–Trinajstić information content (AvgIpc) is 2.43. The molecule has 0 bridgehead atoms. The van der Waals surface area contributed by atoms with Crippen molar-refractivity contribution >= 4 is 18.1 Å². The molecule has 0 atom stereocenters. The molecule has 0 spiro atoms. The van der Waals surface area contributed by atoms with Gasteiger partial charge in [-0.15, -0.1) is 0 Å². The van der Waals surface area contributed by atoms with Crippen molar-refractivity contribution in [3.05, 3.63) is 0 Å². The van der Waals surface area contributed by atoms with Crippen LogP contribution >= 0.6 is 0 Å². The molecule has 1 rings (SSSR count). The quantitative estimate of drug-likeness (QED) is 0.556. The molecule has 1 aliphatic rings. The molecule has 0 unspecified atom stereocenters. The number of nitrogens with zero attached hydrogens (tertiary/aromatic N) is 1. The molecular weight excluding hydrogens is 282 g/mol. The SMILES string of the molecule is NC(=O)OCCNC(=O)N1CCC(OCCC(=O)O)CC1. The zero-order valence-corrected chi connectivity index (χ0v) is 11.7. The Bertz CT molecular complexity index is 368. The first-order chi connectivity index (χ1) is 9.99. The van der Waals surface area contributed by atoms with Gasteiger partial charge in [-0.25, -0.2) is 9.59 Å². The summed E-state index contributed by atoms with van der Waals surface area (Å²) in [6.45, 7) is 1.52. The van der Waals surface area contributed by atoms with Crippen molar-refractivity contribution < 1.29 is 29.0 Å². The lowest BCUT2D eigenvalue weighted by Crippen LogP contribution is -2.46. The summed E-state index contributed by atoms with van der Waals surface area (Å²) in [6.07, 6.45) is 0.450. The van der Waals surface area contributed by atoms with Gasteiger partial charge in [0.15, 0.2) is 0 Å². The zero-order valence-electron chi connectivity index (χ0n) is 11.7. The van der Waals surface area contributed by atoms with Crippen molar-refractivity contribution in [1.82, 2.24) is 10.2 Å². The molecule has 21 heavy (non-hydrogen) atoms. The standard InChI is InChI=1S/C12H21N3O6/c13-11(18)21-8-4-14-12(19)15-5-1-9(2-6-15)20-7-3-10(16)17/h9H,1-8H2,(H2,13,18)(H,14,19)(H,16,17). The van der Waals surface area contributed by atoms with Crippen LogP contribution in [-0.2, 0) is 14.3 Å². The maximum Gasteiger partial charge on any atom is 0.404 e. The number of carbonyl (C=O) groups excluding carboxylic acids is 2. The van der Waals surface area contributed by atoms with Crippen LogP contribution in [0.25, 0.3) is 0 Å². The van der Waals surface area contributed by atoms with Gasteiger partial charge in [0.2, 0.25) is 0 Å². The summed E-state index contributed by atoms with van der Waals surface area (Å²) in [5, 5.41) is 11.1. The van der Waals surface area contributed by atoms with E-state index in [1.807, 2.05) is 0 Å². The number of primary amides is 1. The molecule has 120 valence electrons. The van der Waals surface area contributed by atoms with Crippen LogP contribution in [0.1, 0.15) is 19.3 Å². The second kappa shape index (κ2) is 9.01. The molecule has 0 saturated carbocycles. The predicted molar refractivity (Wildman–Crippen MR) is 71.7 cm³/mol. The number of urea groups is 1. The van der Waals surface area contributed by atoms with Gasteiger partial charge in [0, 0.05) is 13.1 Å². The number of piperidine rings is 1. The summed E-state index contributed by atoms with van der Waals surface area (Å²) >= 11 is 0. The summed E-state index contributed by atoms with van der Waals surface area (Å²) < 4.78 is 9.93. The third-order valence-corrected chi connectivity index (χ3v) is 3.02. The van der Waals surface area contributed by atoms with E-state index in [2.05, 4.69) is 10.1 Å². The van der Waals surface area contributed by atoms with E-state index in [0.717, 1.165) is 0 Å². The molecule has 1 aliphatic heterocycles. The highest BCUT2D eigenvalue weighted by molar-refractivity contribution is 5.74. The number of nitrogens with one attached hydrogen (secondary N) is 1. The molecule has 3 amide bonds. The summed E-state index contributed by atoms with van der Waals surface area (Å²) in [5.74, 6) is -0.884. The Labute approximate surface area is 122 Å². The lowest BCUT2D eigenvalue weighted by molar-refractivity contribution is -0.138. The molecule has 4 N–H and O–H groups in total. The number of carboxylic acid groups (broad SMARTS) is 1. The van der Waals surface area contributed by atoms with Crippen LogP contribution in [0, 0.1) is 0 Å². The lowest BCUT2D eigenvalue weighted by Gasteiger charge is -2.31. The monoisotopic (exact) mass is 303 g/mol. The number of ether oxygens (including phenoxy) is 2. The van der Waals surface area contributed by atoms with Crippen LogP contribution in [0.5, 0.6) is 0 Å². The molecule has 0 aromatic heterocycles. The number of likely N-dealkylation sites (tertiary alicyclic amines) is 1. The molecular formula is C12H21N3O6. The Morgan fingerprint density at radius 2 is 1.90 bits per heavy atom. The predicted octanol–water partition coefficient (Wildman–Crippen LogP) is -0.253. The van der Waals surface area contributed by atoms with Crippen molar-refractivity contribution in [3.63, 3.8) is 0 Å². The van der Waals surface area contributed by atoms with E-state index in [1.165, 1.54) is 0 Å². The van der Waals surface area contributed by atoms with Gasteiger partial charge in [-0.2, -0.15) is 0 Å². The fraction of sp³-hybridized carbons (Fsp3) is 0.750. The van der Waals surface area contributed by atoms with E-state index in [1.54, 1.807) is 4.90 Å². The number of amides is 3. The number of hydrogen-bond donors (Lipinski definition) is 3. The first kappa shape index (κ1) is 17.0. The van der Waals surface area contributed by atoms with E-state index in [0.29, 0.717) is 25.9 Å². The zero-order chi connectivity index (χ0) is 15.7. The van der Waals surface area contributed by atoms with Crippen LogP contribution in [0.3, 0.4) is 0 Å². The fourth-order valence-electron chi connectivity index (χ4n) is 1.96. The van der Waals surface area contributed by atoms with Gasteiger partial charge in [-0.3, -0.25) is 4.79 Å². The Hall–Kier alpha value is -2.03. The van der Waals surface area contributed by atoms with E-state index >= 15 is 0 Å². The first-order valence-corrected chi connectivity index (χ1v) is 6.77. The number of nitrogens with two attached hydrogens (primary N) is 1. The van der Waals surface area contributed by atoms with E-state index in [-0.39, 0.29) is 38.3 Å². The summed E-state index contributed by atoms with van der Waals surface area (Å²) in [7, 11) is 0. The second-order valence-corrected chi connectivity index (χ2v) is 4.60. The van der Waals surface area contributed by atoms with Gasteiger partial charge in [0.1, 0.15) is 6.61 Å². The third-order valence-electron chi connectivity index (χ3n) is 3.02. The molecule has 0 aromatic carbocycles. The largest absolute Gasteiger partial charge is 0.481 e. The molecule has 1 heterocycles. The smallest absolute Gasteiger partial charge is 0.404 e. The van der Waals surface area contributed by atoms with Gasteiger partial charge in [0.05, 0.1) is 25.7 Å². The minimum absolute atomic E-state index is 0.00778. The second-order valence-electron chi connectivity index (χ2n) is 4.60. The normalized spacial score (nSPS) is 15.5. The number of carbonyl (C=O) groups is 3. The van der Waals surface area contributed by atoms with Crippen molar-refractivity contribution in [3.8, 4) is 0 Å². The van der Waals surface area contributed by atoms with E-state index in [4.69, 9.17) is 15.6 Å². The maximum absolute atomic E-state index is 11.8. The van der Waals surface area contributed by atoms with Gasteiger partial charge in [0.25, 0.3) is 0 Å². The molecule has 9 heteroatoms. The van der Waals surface area contributed by atoms with Crippen LogP contribution in [0.15, 0.2) is 0 Å². The van der Waals surface area contributed by atoms with Gasteiger partial charge in [-0.05, 0) is 12.8 Å². The summed E-state index contributed by atoms with van der Waals surface area (Å²) in [4.78, 5) is 34.1. The Balaban J connectivity index is 2.12. The number of hydrogen-bond acceptors (Lipinski definition) is 5. The van der Waals surface area contributed by atoms with Gasteiger partial charge in [-0.1, -0.05) is 0 Å². The summed E-state index contributed by atoms with van der Waals surface area (Å²) in [6, 6.07) is -0.230. The minimum Gasteiger partial charge on any atom is -0.481 e. The topological polar surface area (TPSA) is 131 Å². The first-order valence-electron chi connectivity index (χ1n) is 6.77. The third kappa shape index (κ3) is 7.35. The van der Waals surface area contributed by atoms with Crippen molar-refractivity contribution in [1.29, 1.82) is 0 Å². The average molecular weight is 303 g/mol. The molecule has 0 radical (unpaired) electrons. The molecule has 1 saturated heterocycles. The molecule has 1 fully saturated rings. The highest BCUT2D eigenvalue weighted by Gasteiger charge is 2.23. The van der Waals surface area contributed by atoms with Crippen molar-refractivity contribution in [2.24, 2.45) is 5.73 Å². The number of aliphatic carboxylic acids is 1. The van der Waals surface area contributed by atoms with Crippen molar-refractivity contribution in [2.75, 3.05) is 32.8 Å². The molecule has 9 nitrogen and oxygen atoms in total. The van der Waals surface area contributed by atoms with Crippen LogP contribution < -0.4 is 11.1 Å². The van der Waals surface area contributed by atoms with E-state index in [9.17, 15) is 14.4 Å². The fourth-order valence-corrected chi connectivity index (χ4v) is 1.96. The minimum atomic E-state index is -0.884. The number of carboxylic acids is 1. The number of rotatable bonds is 7.